The van der Waals surface area contributed by atoms with Gasteiger partial charge in [-0.15, -0.1) is 0 Å². The van der Waals surface area contributed by atoms with Crippen LogP contribution in [0.25, 0.3) is 0 Å². The van der Waals surface area contributed by atoms with E-state index in [1.54, 1.807) is 4.90 Å². The number of alkyl carbamates (subject to hydrolysis) is 1. The molecule has 2 saturated heterocycles. The van der Waals surface area contributed by atoms with Gasteiger partial charge in [-0.1, -0.05) is 43.3 Å². The van der Waals surface area contributed by atoms with Crippen molar-refractivity contribution in [3.8, 4) is 5.75 Å². The number of hydrogen-bond donors (Lipinski definition) is 3. The second-order valence-electron chi connectivity index (χ2n) is 13.2. The number of aryl methyl sites for hydroxylation is 2. The van der Waals surface area contributed by atoms with Gasteiger partial charge in [0.2, 0.25) is 17.7 Å². The highest BCUT2D eigenvalue weighted by Gasteiger charge is 2.36. The van der Waals surface area contributed by atoms with Crippen molar-refractivity contribution in [2.24, 2.45) is 11.3 Å². The van der Waals surface area contributed by atoms with Crippen LogP contribution in [0.15, 0.2) is 48.5 Å². The molecule has 2 aromatic rings. The van der Waals surface area contributed by atoms with E-state index in [0.717, 1.165) is 41.7 Å². The number of rotatable bonds is 6. The molecule has 11 nitrogen and oxygen atoms in total. The number of amides is 4. The van der Waals surface area contributed by atoms with Crippen LogP contribution in [0.1, 0.15) is 55.7 Å². The van der Waals surface area contributed by atoms with Crippen molar-refractivity contribution in [3.63, 3.8) is 0 Å². The van der Waals surface area contributed by atoms with E-state index >= 15 is 0 Å². The first-order valence-corrected chi connectivity index (χ1v) is 16.3. The van der Waals surface area contributed by atoms with Crippen molar-refractivity contribution in [1.82, 2.24) is 20.9 Å². The Hall–Kier alpha value is -4.12. The first-order valence-electron chi connectivity index (χ1n) is 16.3. The Bertz CT molecular complexity index is 1380. The van der Waals surface area contributed by atoms with Crippen molar-refractivity contribution >= 4 is 23.8 Å². The minimum absolute atomic E-state index is 0.125. The molecule has 248 valence electrons. The van der Waals surface area contributed by atoms with Crippen molar-refractivity contribution < 1.29 is 33.4 Å². The lowest BCUT2D eigenvalue weighted by Crippen LogP contribution is -2.55. The van der Waals surface area contributed by atoms with Crippen molar-refractivity contribution in [1.29, 1.82) is 0 Å². The van der Waals surface area contributed by atoms with Gasteiger partial charge in [-0.25, -0.2) is 4.79 Å². The van der Waals surface area contributed by atoms with Gasteiger partial charge in [-0.3, -0.25) is 14.4 Å². The average Bonchev–Trinajstić information content (AvgIpc) is 3.04. The van der Waals surface area contributed by atoms with E-state index in [9.17, 15) is 19.2 Å². The van der Waals surface area contributed by atoms with Crippen molar-refractivity contribution in [2.75, 3.05) is 39.5 Å². The predicted octanol–water partition coefficient (Wildman–Crippen LogP) is 3.27. The van der Waals surface area contributed by atoms with Gasteiger partial charge < -0.3 is 35.1 Å². The van der Waals surface area contributed by atoms with Crippen LogP contribution in [0.3, 0.4) is 0 Å². The molecule has 1 unspecified atom stereocenters. The average molecular weight is 635 g/mol. The summed E-state index contributed by atoms with van der Waals surface area (Å²) in [6.07, 6.45) is 2.43. The zero-order chi connectivity index (χ0) is 32.5. The fourth-order valence-corrected chi connectivity index (χ4v) is 6.07. The quantitative estimate of drug-likeness (QED) is 0.444. The normalized spacial score (nSPS) is 23.8. The van der Waals surface area contributed by atoms with Gasteiger partial charge in [-0.05, 0) is 73.8 Å². The smallest absolute Gasteiger partial charge is 0.407 e. The molecule has 0 spiro atoms. The lowest BCUT2D eigenvalue weighted by Gasteiger charge is -2.37. The maximum absolute atomic E-state index is 13.8. The van der Waals surface area contributed by atoms with Gasteiger partial charge in [-0.2, -0.15) is 0 Å². The van der Waals surface area contributed by atoms with Crippen LogP contribution >= 0.6 is 0 Å². The third-order valence-electron chi connectivity index (χ3n) is 9.08. The van der Waals surface area contributed by atoms with Crippen molar-refractivity contribution in [2.45, 2.75) is 71.0 Å². The maximum atomic E-state index is 13.8. The van der Waals surface area contributed by atoms with Crippen LogP contribution < -0.4 is 20.7 Å². The number of piperidine rings is 1. The Balaban J connectivity index is 1.37. The molecule has 2 fully saturated rings. The minimum Gasteiger partial charge on any atom is -0.494 e. The van der Waals surface area contributed by atoms with Gasteiger partial charge in [0.05, 0.1) is 26.2 Å². The SMILES string of the molecule is Cc1ccc2cc1CNC(=O)[C@H](CCc1ccccc1)NC(=O)[C@@H](NC(=O)OCC1(C)COC1)CC(=O)N1CCCC(CCO2)C1. The number of carbonyl (C=O) groups is 4. The Morgan fingerprint density at radius 2 is 1.89 bits per heavy atom. The van der Waals surface area contributed by atoms with Gasteiger partial charge >= 0.3 is 6.09 Å². The van der Waals surface area contributed by atoms with Crippen LogP contribution in [-0.2, 0) is 36.8 Å². The van der Waals surface area contributed by atoms with Gasteiger partial charge in [0.25, 0.3) is 0 Å². The molecule has 0 radical (unpaired) electrons. The lowest BCUT2D eigenvalue weighted by atomic mass is 9.90. The molecule has 3 N–H and O–H groups in total. The zero-order valence-corrected chi connectivity index (χ0v) is 26.8. The molecule has 0 aliphatic carbocycles. The summed E-state index contributed by atoms with van der Waals surface area (Å²) in [5, 5.41) is 8.46. The van der Waals surface area contributed by atoms with Crippen LogP contribution in [-0.4, -0.2) is 80.3 Å². The summed E-state index contributed by atoms with van der Waals surface area (Å²) in [6.45, 7) is 6.90. The Kier molecular flexibility index (Phi) is 11.2. The first-order chi connectivity index (χ1) is 22.2. The number of nitrogens with zero attached hydrogens (tertiary/aromatic N) is 1. The molecule has 4 amide bonds. The summed E-state index contributed by atoms with van der Waals surface area (Å²) in [5.74, 6) is -0.217. The van der Waals surface area contributed by atoms with Crippen LogP contribution in [0.4, 0.5) is 4.79 Å². The fraction of sp³-hybridized carbons (Fsp3) is 0.543. The highest BCUT2D eigenvalue weighted by Crippen LogP contribution is 2.27. The topological polar surface area (TPSA) is 135 Å². The van der Waals surface area contributed by atoms with Gasteiger partial charge in [0.1, 0.15) is 24.4 Å². The number of hydrogen-bond acceptors (Lipinski definition) is 7. The second-order valence-corrected chi connectivity index (χ2v) is 13.2. The van der Waals surface area contributed by atoms with Crippen LogP contribution in [0.2, 0.25) is 0 Å². The number of benzene rings is 2. The van der Waals surface area contributed by atoms with Crippen molar-refractivity contribution in [3.05, 3.63) is 65.2 Å². The van der Waals surface area contributed by atoms with E-state index in [-0.39, 0.29) is 42.7 Å². The predicted molar refractivity (Wildman–Crippen MR) is 171 cm³/mol. The number of ether oxygens (including phenoxy) is 3. The Morgan fingerprint density at radius 1 is 1.09 bits per heavy atom. The molecule has 2 aromatic carbocycles. The molecular weight excluding hydrogens is 588 g/mol. The molecular formula is C35H46N4O7. The van der Waals surface area contributed by atoms with E-state index in [1.165, 1.54) is 0 Å². The summed E-state index contributed by atoms with van der Waals surface area (Å²) in [4.78, 5) is 55.7. The highest BCUT2D eigenvalue weighted by molar-refractivity contribution is 5.94. The van der Waals surface area contributed by atoms with Crippen LogP contribution in [0, 0.1) is 18.3 Å². The Morgan fingerprint density at radius 3 is 2.65 bits per heavy atom. The molecule has 0 saturated carbocycles. The fourth-order valence-electron chi connectivity index (χ4n) is 6.07. The molecule has 46 heavy (non-hydrogen) atoms. The molecule has 3 aliphatic rings. The monoisotopic (exact) mass is 634 g/mol. The summed E-state index contributed by atoms with van der Waals surface area (Å²) >= 11 is 0. The molecule has 3 atom stereocenters. The Labute approximate surface area is 270 Å². The number of carbonyl (C=O) groups excluding carboxylic acids is 4. The third kappa shape index (κ3) is 9.22. The van der Waals surface area contributed by atoms with Gasteiger partial charge in [0, 0.05) is 25.0 Å². The third-order valence-corrected chi connectivity index (χ3v) is 9.08. The summed E-state index contributed by atoms with van der Waals surface area (Å²) in [5.41, 5.74) is 2.67. The molecule has 5 rings (SSSR count). The lowest BCUT2D eigenvalue weighted by molar-refractivity contribution is -0.137. The standard InChI is InChI=1S/C35H46N4O7/c1-24-10-12-28-17-27(24)19-36-32(41)29(13-11-25-7-4-3-5-8-25)37-33(42)30(38-34(43)46-23-35(2)21-44-22-35)18-31(40)39-15-6-9-26(20-39)14-16-45-28/h3-5,7-8,10,12,17,26,29-30H,6,9,11,13-16,18-23H2,1-2H3,(H,36,41)(H,37,42)(H,38,43)/t26?,29-,30-/m0/s1. The minimum atomic E-state index is -1.22. The number of fused-ring (bicyclic) bond motifs is 4. The summed E-state index contributed by atoms with van der Waals surface area (Å²) in [6, 6.07) is 13.4. The maximum Gasteiger partial charge on any atom is 0.407 e. The van der Waals surface area contributed by atoms with E-state index in [4.69, 9.17) is 14.2 Å². The van der Waals surface area contributed by atoms with E-state index < -0.39 is 24.1 Å². The van der Waals surface area contributed by atoms with E-state index in [0.29, 0.717) is 45.8 Å². The second kappa shape index (κ2) is 15.4. The first kappa shape index (κ1) is 33.2. The highest BCUT2D eigenvalue weighted by atomic mass is 16.6. The summed E-state index contributed by atoms with van der Waals surface area (Å²) < 4.78 is 16.8. The van der Waals surface area contributed by atoms with E-state index in [2.05, 4.69) is 16.0 Å². The molecule has 4 bridgehead atoms. The van der Waals surface area contributed by atoms with Crippen LogP contribution in [0.5, 0.6) is 5.75 Å². The zero-order valence-electron chi connectivity index (χ0n) is 26.8. The largest absolute Gasteiger partial charge is 0.494 e. The molecule has 0 aromatic heterocycles. The summed E-state index contributed by atoms with van der Waals surface area (Å²) in [7, 11) is 0. The molecule has 3 aliphatic heterocycles. The molecule has 3 heterocycles. The van der Waals surface area contributed by atoms with Gasteiger partial charge in [0.15, 0.2) is 0 Å². The number of nitrogens with one attached hydrogen (secondary N) is 3. The van der Waals surface area contributed by atoms with E-state index in [1.807, 2.05) is 62.4 Å². The molecule has 11 heteroatoms.